The molecule has 104 valence electrons. The van der Waals surface area contributed by atoms with Crippen LogP contribution in [-0.4, -0.2) is 42.6 Å². The normalized spacial score (nSPS) is 20.1. The number of sulfonamides is 1. The average Bonchev–Trinajstić information content (AvgIpc) is 2.40. The SMILES string of the molecule is O=C(O)C1(F)CCN(S(=O)(=O)c2ccccc2)CC1. The fourth-order valence-corrected chi connectivity index (χ4v) is 3.50. The summed E-state index contributed by atoms with van der Waals surface area (Å²) in [6.45, 7) is -0.250. The number of piperidine rings is 1. The Balaban J connectivity index is 2.16. The van der Waals surface area contributed by atoms with Gasteiger partial charge in [-0.1, -0.05) is 18.2 Å². The Kier molecular flexibility index (Phi) is 3.60. The third-order valence-electron chi connectivity index (χ3n) is 3.28. The highest BCUT2D eigenvalue weighted by Crippen LogP contribution is 2.29. The van der Waals surface area contributed by atoms with Gasteiger partial charge in [0.2, 0.25) is 15.7 Å². The molecule has 5 nitrogen and oxygen atoms in total. The van der Waals surface area contributed by atoms with Crippen LogP contribution in [0, 0.1) is 0 Å². The lowest BCUT2D eigenvalue weighted by Gasteiger charge is -2.32. The van der Waals surface area contributed by atoms with E-state index in [0.717, 1.165) is 4.31 Å². The van der Waals surface area contributed by atoms with Crippen LogP contribution in [0.25, 0.3) is 0 Å². The number of hydrogen-bond acceptors (Lipinski definition) is 3. The van der Waals surface area contributed by atoms with E-state index in [1.54, 1.807) is 18.2 Å². The van der Waals surface area contributed by atoms with Crippen molar-refractivity contribution in [1.82, 2.24) is 4.31 Å². The van der Waals surface area contributed by atoms with Crippen LogP contribution in [0.2, 0.25) is 0 Å². The number of hydrogen-bond donors (Lipinski definition) is 1. The highest BCUT2D eigenvalue weighted by Gasteiger charge is 2.44. The van der Waals surface area contributed by atoms with E-state index >= 15 is 0 Å². The van der Waals surface area contributed by atoms with Crippen molar-refractivity contribution < 1.29 is 22.7 Å². The van der Waals surface area contributed by atoms with E-state index in [1.165, 1.54) is 12.1 Å². The predicted molar refractivity (Wildman–Crippen MR) is 65.9 cm³/mol. The number of rotatable bonds is 3. The van der Waals surface area contributed by atoms with Gasteiger partial charge in [-0.25, -0.2) is 17.6 Å². The summed E-state index contributed by atoms with van der Waals surface area (Å²) >= 11 is 0. The lowest BCUT2D eigenvalue weighted by molar-refractivity contribution is -0.153. The highest BCUT2D eigenvalue weighted by molar-refractivity contribution is 7.89. The van der Waals surface area contributed by atoms with Crippen LogP contribution in [0.3, 0.4) is 0 Å². The zero-order chi connectivity index (χ0) is 14.1. The van der Waals surface area contributed by atoms with Gasteiger partial charge in [0, 0.05) is 25.9 Å². The molecule has 0 saturated carbocycles. The summed E-state index contributed by atoms with van der Waals surface area (Å²) < 4.78 is 39.4. The van der Waals surface area contributed by atoms with Crippen LogP contribution in [0.15, 0.2) is 35.2 Å². The second-order valence-corrected chi connectivity index (χ2v) is 6.43. The number of halogens is 1. The summed E-state index contributed by atoms with van der Waals surface area (Å²) in [6, 6.07) is 7.83. The van der Waals surface area contributed by atoms with Crippen LogP contribution < -0.4 is 0 Å². The first kappa shape index (κ1) is 14.0. The van der Waals surface area contributed by atoms with Crippen molar-refractivity contribution in [2.75, 3.05) is 13.1 Å². The van der Waals surface area contributed by atoms with E-state index in [9.17, 15) is 17.6 Å². The van der Waals surface area contributed by atoms with Gasteiger partial charge in [-0.2, -0.15) is 4.31 Å². The summed E-state index contributed by atoms with van der Waals surface area (Å²) in [4.78, 5) is 10.9. The average molecular weight is 287 g/mol. The van der Waals surface area contributed by atoms with Gasteiger partial charge in [0.05, 0.1) is 4.90 Å². The first-order valence-corrected chi connectivity index (χ1v) is 7.28. The van der Waals surface area contributed by atoms with Crippen molar-refractivity contribution in [1.29, 1.82) is 0 Å². The van der Waals surface area contributed by atoms with Gasteiger partial charge in [0.15, 0.2) is 0 Å². The molecule has 1 heterocycles. The van der Waals surface area contributed by atoms with Crippen LogP contribution in [0.1, 0.15) is 12.8 Å². The first-order chi connectivity index (χ1) is 8.86. The van der Waals surface area contributed by atoms with Gasteiger partial charge in [-0.05, 0) is 12.1 Å². The molecule has 7 heteroatoms. The molecule has 0 aliphatic carbocycles. The van der Waals surface area contributed by atoms with Crippen LogP contribution >= 0.6 is 0 Å². The quantitative estimate of drug-likeness (QED) is 0.908. The number of nitrogens with zero attached hydrogens (tertiary/aromatic N) is 1. The van der Waals surface area contributed by atoms with Gasteiger partial charge >= 0.3 is 5.97 Å². The summed E-state index contributed by atoms with van der Waals surface area (Å²) in [5, 5.41) is 8.76. The minimum atomic E-state index is -3.66. The van der Waals surface area contributed by atoms with E-state index < -0.39 is 21.7 Å². The summed E-state index contributed by atoms with van der Waals surface area (Å²) in [5.74, 6) is -1.52. The van der Waals surface area contributed by atoms with Crippen molar-refractivity contribution in [3.63, 3.8) is 0 Å². The van der Waals surface area contributed by atoms with Crippen molar-refractivity contribution in [3.8, 4) is 0 Å². The molecule has 0 spiro atoms. The Labute approximate surface area is 110 Å². The van der Waals surface area contributed by atoms with Crippen LogP contribution in [0.5, 0.6) is 0 Å². The molecule has 2 rings (SSSR count). The maximum absolute atomic E-state index is 13.8. The molecule has 19 heavy (non-hydrogen) atoms. The highest BCUT2D eigenvalue weighted by atomic mass is 32.2. The summed E-state index contributed by atoms with van der Waals surface area (Å²) in [7, 11) is -3.66. The molecule has 1 aliphatic rings. The Morgan fingerprint density at radius 1 is 1.21 bits per heavy atom. The smallest absolute Gasteiger partial charge is 0.341 e. The van der Waals surface area contributed by atoms with Crippen LogP contribution in [0.4, 0.5) is 4.39 Å². The van der Waals surface area contributed by atoms with E-state index in [-0.39, 0.29) is 30.8 Å². The molecule has 1 aliphatic heterocycles. The second-order valence-electron chi connectivity index (χ2n) is 4.49. The maximum Gasteiger partial charge on any atom is 0.341 e. The lowest BCUT2D eigenvalue weighted by atomic mass is 9.95. The van der Waals surface area contributed by atoms with Gasteiger partial charge in [-0.15, -0.1) is 0 Å². The van der Waals surface area contributed by atoms with Crippen molar-refractivity contribution in [2.24, 2.45) is 0 Å². The molecule has 1 N–H and O–H groups in total. The largest absolute Gasteiger partial charge is 0.479 e. The lowest BCUT2D eigenvalue weighted by Crippen LogP contribution is -2.48. The number of carboxylic acids is 1. The third kappa shape index (κ3) is 2.62. The molecule has 1 fully saturated rings. The fourth-order valence-electron chi connectivity index (χ4n) is 2.04. The molecule has 0 unspecified atom stereocenters. The summed E-state index contributed by atoms with van der Waals surface area (Å²) in [6.07, 6.45) is -0.650. The molecule has 0 aromatic heterocycles. The number of benzene rings is 1. The molecule has 0 radical (unpaired) electrons. The Morgan fingerprint density at radius 3 is 2.21 bits per heavy atom. The Hall–Kier alpha value is -1.47. The van der Waals surface area contributed by atoms with Crippen molar-refractivity contribution >= 4 is 16.0 Å². The second kappa shape index (κ2) is 4.90. The van der Waals surface area contributed by atoms with E-state index in [1.807, 2.05) is 0 Å². The van der Waals surface area contributed by atoms with Gasteiger partial charge in [-0.3, -0.25) is 0 Å². The standard InChI is InChI=1S/C12H14FNO4S/c13-12(11(15)16)6-8-14(9-7-12)19(17,18)10-4-2-1-3-5-10/h1-5H,6-9H2,(H,15,16). The minimum absolute atomic E-state index is 0.125. The molecule has 1 aromatic rings. The van der Waals surface area contributed by atoms with Crippen molar-refractivity contribution in [3.05, 3.63) is 30.3 Å². The molecule has 1 saturated heterocycles. The summed E-state index contributed by atoms with van der Waals surface area (Å²) in [5.41, 5.74) is -2.32. The monoisotopic (exact) mass is 287 g/mol. The van der Waals surface area contributed by atoms with Crippen molar-refractivity contribution in [2.45, 2.75) is 23.4 Å². The molecule has 0 bridgehead atoms. The van der Waals surface area contributed by atoms with E-state index in [2.05, 4.69) is 0 Å². The molecular weight excluding hydrogens is 273 g/mol. The number of aliphatic carboxylic acids is 1. The molecule has 0 amide bonds. The van der Waals surface area contributed by atoms with Gasteiger partial charge < -0.3 is 5.11 Å². The number of carbonyl (C=O) groups is 1. The number of alkyl halides is 1. The maximum atomic E-state index is 13.8. The van der Waals surface area contributed by atoms with E-state index in [0.29, 0.717) is 0 Å². The zero-order valence-corrected chi connectivity index (χ0v) is 10.9. The topological polar surface area (TPSA) is 74.7 Å². The Bertz CT molecular complexity index is 565. The van der Waals surface area contributed by atoms with Crippen LogP contribution in [-0.2, 0) is 14.8 Å². The Morgan fingerprint density at radius 2 is 1.74 bits per heavy atom. The minimum Gasteiger partial charge on any atom is -0.479 e. The molecule has 1 aromatic carbocycles. The van der Waals surface area contributed by atoms with E-state index in [4.69, 9.17) is 5.11 Å². The molecule has 0 atom stereocenters. The fraction of sp³-hybridized carbons (Fsp3) is 0.417. The predicted octanol–water partition coefficient (Wildman–Crippen LogP) is 1.26. The number of carboxylic acid groups (broad SMARTS) is 1. The molecular formula is C12H14FNO4S. The third-order valence-corrected chi connectivity index (χ3v) is 5.19. The zero-order valence-electron chi connectivity index (χ0n) is 10.1. The van der Waals surface area contributed by atoms with Gasteiger partial charge in [0.25, 0.3) is 0 Å². The first-order valence-electron chi connectivity index (χ1n) is 5.84. The van der Waals surface area contributed by atoms with Gasteiger partial charge in [0.1, 0.15) is 0 Å².